The van der Waals surface area contributed by atoms with E-state index in [0.717, 1.165) is 11.6 Å². The first-order chi connectivity index (χ1) is 9.66. The molecule has 0 unspecified atom stereocenters. The van der Waals surface area contributed by atoms with Gasteiger partial charge in [-0.3, -0.25) is 4.79 Å². The van der Waals surface area contributed by atoms with E-state index in [2.05, 4.69) is 4.98 Å². The molecule has 0 radical (unpaired) electrons. The van der Waals surface area contributed by atoms with Gasteiger partial charge in [0.05, 0.1) is 10.8 Å². The van der Waals surface area contributed by atoms with Gasteiger partial charge in [-0.1, -0.05) is 42.6 Å². The lowest BCUT2D eigenvalue weighted by Gasteiger charge is -2.27. The van der Waals surface area contributed by atoms with Crippen LogP contribution in [0.15, 0.2) is 23.4 Å². The summed E-state index contributed by atoms with van der Waals surface area (Å²) in [7, 11) is 1.90. The van der Waals surface area contributed by atoms with Crippen LogP contribution < -0.4 is 0 Å². The van der Waals surface area contributed by atoms with Crippen molar-refractivity contribution in [3.8, 4) is 0 Å². The molecule has 1 saturated carbocycles. The van der Waals surface area contributed by atoms with Crippen molar-refractivity contribution in [2.75, 3.05) is 19.3 Å². The fourth-order valence-electron chi connectivity index (χ4n) is 2.58. The van der Waals surface area contributed by atoms with Crippen molar-refractivity contribution >= 4 is 29.3 Å². The minimum Gasteiger partial charge on any atom is -0.345 e. The molecule has 1 aromatic heterocycles. The number of carbonyl (C=O) groups excluding carboxylic acids is 1. The van der Waals surface area contributed by atoms with Crippen molar-refractivity contribution in [2.24, 2.45) is 5.92 Å². The van der Waals surface area contributed by atoms with Gasteiger partial charge >= 0.3 is 0 Å². The molecule has 0 aliphatic heterocycles. The van der Waals surface area contributed by atoms with E-state index in [4.69, 9.17) is 11.6 Å². The smallest absolute Gasteiger partial charge is 0.232 e. The first-order valence-corrected chi connectivity index (χ1v) is 8.50. The van der Waals surface area contributed by atoms with Crippen LogP contribution in [0, 0.1) is 5.92 Å². The van der Waals surface area contributed by atoms with Crippen LogP contribution in [0.3, 0.4) is 0 Å². The Morgan fingerprint density at radius 3 is 2.90 bits per heavy atom. The molecule has 0 saturated heterocycles. The molecule has 0 atom stereocenters. The fraction of sp³-hybridized carbons (Fsp3) is 0.600. The number of nitrogens with zero attached hydrogens (tertiary/aromatic N) is 2. The van der Waals surface area contributed by atoms with E-state index in [1.165, 1.54) is 43.9 Å². The number of amides is 1. The number of thioether (sulfide) groups is 1. The lowest BCUT2D eigenvalue weighted by Crippen LogP contribution is -2.33. The summed E-state index contributed by atoms with van der Waals surface area (Å²) in [5, 5.41) is 1.34. The zero-order valence-corrected chi connectivity index (χ0v) is 13.4. The van der Waals surface area contributed by atoms with E-state index in [0.29, 0.717) is 16.7 Å². The number of hydrogen-bond acceptors (Lipinski definition) is 3. The monoisotopic (exact) mass is 312 g/mol. The molecule has 3 nitrogen and oxygen atoms in total. The number of pyridine rings is 1. The van der Waals surface area contributed by atoms with Crippen molar-refractivity contribution in [1.82, 2.24) is 9.88 Å². The molecule has 0 bridgehead atoms. The lowest BCUT2D eigenvalue weighted by atomic mass is 9.89. The molecule has 2 rings (SSSR count). The zero-order valence-electron chi connectivity index (χ0n) is 11.8. The average molecular weight is 313 g/mol. The zero-order chi connectivity index (χ0) is 14.4. The molecule has 1 aliphatic rings. The third-order valence-electron chi connectivity index (χ3n) is 3.74. The van der Waals surface area contributed by atoms with Gasteiger partial charge in [0.1, 0.15) is 5.03 Å². The van der Waals surface area contributed by atoms with Crippen molar-refractivity contribution in [1.29, 1.82) is 0 Å². The maximum atomic E-state index is 12.1. The highest BCUT2D eigenvalue weighted by Gasteiger charge is 2.18. The Balaban J connectivity index is 1.77. The molecule has 110 valence electrons. The summed E-state index contributed by atoms with van der Waals surface area (Å²) in [5.74, 6) is 1.24. The van der Waals surface area contributed by atoms with Crippen LogP contribution in [0.4, 0.5) is 0 Å². The summed E-state index contributed by atoms with van der Waals surface area (Å²) in [6, 6.07) is 3.59. The second kappa shape index (κ2) is 7.89. The highest BCUT2D eigenvalue weighted by molar-refractivity contribution is 8.00. The number of hydrogen-bond donors (Lipinski definition) is 0. The normalized spacial score (nSPS) is 16.1. The van der Waals surface area contributed by atoms with Gasteiger partial charge < -0.3 is 4.90 Å². The van der Waals surface area contributed by atoms with E-state index >= 15 is 0 Å². The van der Waals surface area contributed by atoms with Gasteiger partial charge in [-0.05, 0) is 30.9 Å². The van der Waals surface area contributed by atoms with Crippen LogP contribution in [-0.4, -0.2) is 35.1 Å². The summed E-state index contributed by atoms with van der Waals surface area (Å²) in [6.07, 6.45) is 8.19. The molecule has 5 heteroatoms. The summed E-state index contributed by atoms with van der Waals surface area (Å²) in [6.45, 7) is 0.884. The van der Waals surface area contributed by atoms with Crippen LogP contribution in [0.5, 0.6) is 0 Å². The summed E-state index contributed by atoms with van der Waals surface area (Å²) in [5.41, 5.74) is 0. The molecule has 0 N–H and O–H groups in total. The quantitative estimate of drug-likeness (QED) is 0.774. The van der Waals surface area contributed by atoms with Gasteiger partial charge in [-0.15, -0.1) is 0 Å². The Bertz CT molecular complexity index is 449. The van der Waals surface area contributed by atoms with Gasteiger partial charge in [0, 0.05) is 19.8 Å². The Morgan fingerprint density at radius 2 is 2.20 bits per heavy atom. The molecule has 1 aromatic rings. The highest BCUT2D eigenvalue weighted by atomic mass is 35.5. The molecular formula is C15H21ClN2OS. The van der Waals surface area contributed by atoms with E-state index < -0.39 is 0 Å². The van der Waals surface area contributed by atoms with E-state index in [-0.39, 0.29) is 5.91 Å². The molecule has 1 amide bonds. The van der Waals surface area contributed by atoms with Gasteiger partial charge in [0.2, 0.25) is 5.91 Å². The standard InChI is InChI=1S/C15H21ClN2OS/c1-18(10-12-6-3-2-4-7-12)14(19)11-20-15-13(16)8-5-9-17-15/h5,8-9,12H,2-4,6-7,10-11H2,1H3. The summed E-state index contributed by atoms with van der Waals surface area (Å²) < 4.78 is 0. The van der Waals surface area contributed by atoms with Gasteiger partial charge in [0.15, 0.2) is 0 Å². The first kappa shape index (κ1) is 15.6. The summed E-state index contributed by atoms with van der Waals surface area (Å²) >= 11 is 7.45. The van der Waals surface area contributed by atoms with Crippen LogP contribution in [0.2, 0.25) is 5.02 Å². The molecule has 0 spiro atoms. The van der Waals surface area contributed by atoms with Gasteiger partial charge in [0.25, 0.3) is 0 Å². The molecular weight excluding hydrogens is 292 g/mol. The number of halogens is 1. The Kier molecular flexibility index (Phi) is 6.17. The van der Waals surface area contributed by atoms with Crippen molar-refractivity contribution < 1.29 is 4.79 Å². The number of aromatic nitrogens is 1. The molecule has 1 aliphatic carbocycles. The van der Waals surface area contributed by atoms with Gasteiger partial charge in [-0.2, -0.15) is 0 Å². The van der Waals surface area contributed by atoms with Gasteiger partial charge in [-0.25, -0.2) is 4.98 Å². The SMILES string of the molecule is CN(CC1CCCCC1)C(=O)CSc1ncccc1Cl. The van der Waals surface area contributed by atoms with Crippen LogP contribution in [0.25, 0.3) is 0 Å². The minimum atomic E-state index is 0.155. The minimum absolute atomic E-state index is 0.155. The third-order valence-corrected chi connectivity index (χ3v) is 5.15. The fourth-order valence-corrected chi connectivity index (χ4v) is 3.68. The topological polar surface area (TPSA) is 33.2 Å². The van der Waals surface area contributed by atoms with Crippen molar-refractivity contribution in [3.63, 3.8) is 0 Å². The average Bonchev–Trinajstić information content (AvgIpc) is 2.47. The van der Waals surface area contributed by atoms with Crippen LogP contribution in [-0.2, 0) is 4.79 Å². The van der Waals surface area contributed by atoms with Crippen LogP contribution in [0.1, 0.15) is 32.1 Å². The molecule has 1 heterocycles. The van der Waals surface area contributed by atoms with E-state index in [1.54, 1.807) is 18.3 Å². The van der Waals surface area contributed by atoms with Crippen molar-refractivity contribution in [2.45, 2.75) is 37.1 Å². The predicted octanol–water partition coefficient (Wildman–Crippen LogP) is 3.87. The largest absolute Gasteiger partial charge is 0.345 e. The maximum Gasteiger partial charge on any atom is 0.232 e. The summed E-state index contributed by atoms with van der Waals surface area (Å²) in [4.78, 5) is 18.2. The Labute approximate surface area is 130 Å². The van der Waals surface area contributed by atoms with Crippen LogP contribution >= 0.6 is 23.4 Å². The number of rotatable bonds is 5. The first-order valence-electron chi connectivity index (χ1n) is 7.14. The van der Waals surface area contributed by atoms with E-state index in [9.17, 15) is 4.79 Å². The second-order valence-corrected chi connectivity index (χ2v) is 6.73. The lowest BCUT2D eigenvalue weighted by molar-refractivity contribution is -0.127. The highest BCUT2D eigenvalue weighted by Crippen LogP contribution is 2.26. The van der Waals surface area contributed by atoms with E-state index in [1.807, 2.05) is 11.9 Å². The maximum absolute atomic E-state index is 12.1. The Hall–Kier alpha value is -0.740. The number of carbonyl (C=O) groups is 1. The second-order valence-electron chi connectivity index (χ2n) is 5.36. The third kappa shape index (κ3) is 4.67. The van der Waals surface area contributed by atoms with Crippen molar-refractivity contribution in [3.05, 3.63) is 23.4 Å². The predicted molar refractivity (Wildman–Crippen MR) is 84.2 cm³/mol. The molecule has 20 heavy (non-hydrogen) atoms. The Morgan fingerprint density at radius 1 is 1.45 bits per heavy atom. The molecule has 0 aromatic carbocycles. The molecule has 1 fully saturated rings.